The Morgan fingerprint density at radius 3 is 2.52 bits per heavy atom. The lowest BCUT2D eigenvalue weighted by molar-refractivity contribution is 0.0955. The van der Waals surface area contributed by atoms with Gasteiger partial charge in [-0.3, -0.25) is 4.79 Å². The van der Waals surface area contributed by atoms with Crippen LogP contribution < -0.4 is 5.32 Å². The second kappa shape index (κ2) is 8.89. The molecule has 0 saturated heterocycles. The zero-order chi connectivity index (χ0) is 20.2. The van der Waals surface area contributed by atoms with Crippen LogP contribution in [-0.4, -0.2) is 23.2 Å². The van der Waals surface area contributed by atoms with E-state index in [2.05, 4.69) is 68.7 Å². The Bertz CT molecular complexity index is 1150. The third-order valence-electron chi connectivity index (χ3n) is 4.82. The smallest absolute Gasteiger partial charge is 0.251 e. The quantitative estimate of drug-likeness (QED) is 0.255. The lowest BCUT2D eigenvalue weighted by Crippen LogP contribution is -2.26. The van der Waals surface area contributed by atoms with Crippen molar-refractivity contribution in [3.05, 3.63) is 88.4 Å². The summed E-state index contributed by atoms with van der Waals surface area (Å²) < 4.78 is 1.06. The molecule has 1 amide bonds. The maximum atomic E-state index is 12.4. The molecule has 0 spiro atoms. The number of nitrogens with one attached hydrogen (secondary N) is 2. The fourth-order valence-electron chi connectivity index (χ4n) is 3.33. The fraction of sp³-hybridized carbons (Fsp3) is 0.125. The number of carbonyl (C=O) groups excluding carboxylic acids is 1. The molecule has 1 aromatic heterocycles. The Morgan fingerprint density at radius 2 is 1.72 bits per heavy atom. The van der Waals surface area contributed by atoms with Gasteiger partial charge in [0.15, 0.2) is 0 Å². The average molecular weight is 465 g/mol. The zero-order valence-electron chi connectivity index (χ0n) is 16.0. The molecule has 0 fully saturated rings. The summed E-state index contributed by atoms with van der Waals surface area (Å²) in [5.41, 5.74) is 5.12. The Labute approximate surface area is 183 Å². The number of benzene rings is 3. The normalized spacial score (nSPS) is 11.0. The molecule has 2 N–H and O–H groups in total. The van der Waals surface area contributed by atoms with Gasteiger partial charge in [0.2, 0.25) is 0 Å². The van der Waals surface area contributed by atoms with Crippen LogP contribution in [0.1, 0.15) is 15.9 Å². The van der Waals surface area contributed by atoms with Crippen LogP contribution in [0, 0.1) is 6.92 Å². The van der Waals surface area contributed by atoms with Gasteiger partial charge in [-0.1, -0.05) is 64.5 Å². The van der Waals surface area contributed by atoms with Crippen molar-refractivity contribution in [2.75, 3.05) is 12.3 Å². The molecule has 0 bridgehead atoms. The number of hydrogen-bond donors (Lipinski definition) is 2. The van der Waals surface area contributed by atoms with Crippen LogP contribution in [0.4, 0.5) is 0 Å². The summed E-state index contributed by atoms with van der Waals surface area (Å²) in [7, 11) is 0. The van der Waals surface area contributed by atoms with E-state index in [0.717, 1.165) is 38.1 Å². The van der Waals surface area contributed by atoms with Crippen molar-refractivity contribution in [1.82, 2.24) is 10.3 Å². The van der Waals surface area contributed by atoms with E-state index in [4.69, 9.17) is 0 Å². The van der Waals surface area contributed by atoms with Crippen LogP contribution >= 0.6 is 27.7 Å². The molecule has 0 aliphatic heterocycles. The second-order valence-electron chi connectivity index (χ2n) is 6.80. The highest BCUT2D eigenvalue weighted by atomic mass is 79.9. The predicted octanol–water partition coefficient (Wildman–Crippen LogP) is 6.43. The van der Waals surface area contributed by atoms with Crippen LogP contribution in [0.15, 0.2) is 82.2 Å². The van der Waals surface area contributed by atoms with E-state index < -0.39 is 0 Å². The summed E-state index contributed by atoms with van der Waals surface area (Å²) in [5, 5.41) is 4.25. The minimum absolute atomic E-state index is 0.0178. The standard InChI is InChI=1S/C24H21BrN2OS/c1-16-6-2-3-7-19(16)24(28)26-14-15-29-23-20-8-4-5-9-21(20)27-22(23)17-10-12-18(25)13-11-17/h2-13,27H,14-15H2,1H3,(H,26,28). The van der Waals surface area contributed by atoms with Crippen molar-refractivity contribution < 1.29 is 4.79 Å². The van der Waals surface area contributed by atoms with E-state index in [9.17, 15) is 4.79 Å². The molecule has 0 aliphatic rings. The maximum Gasteiger partial charge on any atom is 0.251 e. The monoisotopic (exact) mass is 464 g/mol. The van der Waals surface area contributed by atoms with Gasteiger partial charge in [-0.2, -0.15) is 0 Å². The molecule has 4 aromatic rings. The van der Waals surface area contributed by atoms with Crippen molar-refractivity contribution in [2.24, 2.45) is 0 Å². The number of H-pyrrole nitrogens is 1. The number of rotatable bonds is 6. The first kappa shape index (κ1) is 19.8. The van der Waals surface area contributed by atoms with Gasteiger partial charge in [0, 0.05) is 38.1 Å². The molecule has 5 heteroatoms. The van der Waals surface area contributed by atoms with Crippen molar-refractivity contribution in [2.45, 2.75) is 11.8 Å². The number of halogens is 1. The van der Waals surface area contributed by atoms with Crippen LogP contribution in [0.25, 0.3) is 22.2 Å². The Balaban J connectivity index is 1.50. The van der Waals surface area contributed by atoms with E-state index >= 15 is 0 Å². The number of hydrogen-bond acceptors (Lipinski definition) is 2. The van der Waals surface area contributed by atoms with E-state index in [1.54, 1.807) is 11.8 Å². The summed E-state index contributed by atoms with van der Waals surface area (Å²) >= 11 is 5.27. The summed E-state index contributed by atoms with van der Waals surface area (Å²) in [6, 6.07) is 24.3. The van der Waals surface area contributed by atoms with Crippen molar-refractivity contribution in [3.8, 4) is 11.3 Å². The maximum absolute atomic E-state index is 12.4. The van der Waals surface area contributed by atoms with Gasteiger partial charge in [0.1, 0.15) is 0 Å². The van der Waals surface area contributed by atoms with Gasteiger partial charge >= 0.3 is 0 Å². The summed E-state index contributed by atoms with van der Waals surface area (Å²) in [5.74, 6) is 0.777. The fourth-order valence-corrected chi connectivity index (χ4v) is 4.65. The Kier molecular flexibility index (Phi) is 6.07. The third kappa shape index (κ3) is 4.41. The van der Waals surface area contributed by atoms with Gasteiger partial charge in [-0.25, -0.2) is 0 Å². The van der Waals surface area contributed by atoms with E-state index in [0.29, 0.717) is 6.54 Å². The molecule has 1 heterocycles. The molecule has 0 unspecified atom stereocenters. The lowest BCUT2D eigenvalue weighted by Gasteiger charge is -2.08. The Hall–Kier alpha value is -2.50. The largest absolute Gasteiger partial charge is 0.354 e. The SMILES string of the molecule is Cc1ccccc1C(=O)NCCSc1c(-c2ccc(Br)cc2)[nH]c2ccccc12. The minimum atomic E-state index is -0.0178. The van der Waals surface area contributed by atoms with Crippen molar-refractivity contribution >= 4 is 44.5 Å². The predicted molar refractivity (Wildman–Crippen MR) is 126 cm³/mol. The molecule has 0 aliphatic carbocycles. The molecule has 146 valence electrons. The number of fused-ring (bicyclic) bond motifs is 1. The first-order chi connectivity index (χ1) is 14.1. The number of amides is 1. The topological polar surface area (TPSA) is 44.9 Å². The number of aromatic amines is 1. The highest BCUT2D eigenvalue weighted by Gasteiger charge is 2.14. The molecule has 0 radical (unpaired) electrons. The first-order valence-corrected chi connectivity index (χ1v) is 11.2. The summed E-state index contributed by atoms with van der Waals surface area (Å²) in [6.07, 6.45) is 0. The summed E-state index contributed by atoms with van der Waals surface area (Å²) in [4.78, 5) is 17.2. The number of para-hydroxylation sites is 1. The highest BCUT2D eigenvalue weighted by molar-refractivity contribution is 9.10. The lowest BCUT2D eigenvalue weighted by atomic mass is 10.1. The number of carbonyl (C=O) groups is 1. The molecule has 0 atom stereocenters. The van der Waals surface area contributed by atoms with Gasteiger partial charge in [0.05, 0.1) is 5.69 Å². The van der Waals surface area contributed by atoms with E-state index in [1.165, 1.54) is 10.3 Å². The Morgan fingerprint density at radius 1 is 1.00 bits per heavy atom. The third-order valence-corrected chi connectivity index (χ3v) is 6.46. The van der Waals surface area contributed by atoms with Crippen molar-refractivity contribution in [3.63, 3.8) is 0 Å². The van der Waals surface area contributed by atoms with Crippen LogP contribution in [-0.2, 0) is 0 Å². The molecule has 3 nitrogen and oxygen atoms in total. The zero-order valence-corrected chi connectivity index (χ0v) is 18.4. The van der Waals surface area contributed by atoms with Crippen LogP contribution in [0.3, 0.4) is 0 Å². The first-order valence-electron chi connectivity index (χ1n) is 9.47. The van der Waals surface area contributed by atoms with E-state index in [1.807, 2.05) is 37.3 Å². The molecular formula is C24H21BrN2OS. The summed E-state index contributed by atoms with van der Waals surface area (Å²) in [6.45, 7) is 2.57. The van der Waals surface area contributed by atoms with Gasteiger partial charge in [-0.05, 0) is 42.3 Å². The number of thioether (sulfide) groups is 1. The minimum Gasteiger partial charge on any atom is -0.354 e. The molecule has 3 aromatic carbocycles. The average Bonchev–Trinajstić information content (AvgIpc) is 3.10. The molecular weight excluding hydrogens is 444 g/mol. The van der Waals surface area contributed by atoms with E-state index in [-0.39, 0.29) is 5.91 Å². The molecule has 4 rings (SSSR count). The number of aromatic nitrogens is 1. The van der Waals surface area contributed by atoms with Crippen molar-refractivity contribution in [1.29, 1.82) is 0 Å². The highest BCUT2D eigenvalue weighted by Crippen LogP contribution is 2.37. The molecule has 29 heavy (non-hydrogen) atoms. The van der Waals surface area contributed by atoms with Gasteiger partial charge < -0.3 is 10.3 Å². The van der Waals surface area contributed by atoms with Gasteiger partial charge in [0.25, 0.3) is 5.91 Å². The molecule has 0 saturated carbocycles. The number of aryl methyl sites for hydroxylation is 1. The van der Waals surface area contributed by atoms with Gasteiger partial charge in [-0.15, -0.1) is 11.8 Å². The van der Waals surface area contributed by atoms with Crippen LogP contribution in [0.5, 0.6) is 0 Å². The van der Waals surface area contributed by atoms with Crippen LogP contribution in [0.2, 0.25) is 0 Å². The second-order valence-corrected chi connectivity index (χ2v) is 8.82.